The molecule has 4 heteroatoms. The quantitative estimate of drug-likeness (QED) is 0.651. The van der Waals surface area contributed by atoms with Gasteiger partial charge in [0.05, 0.1) is 6.04 Å². The van der Waals surface area contributed by atoms with Gasteiger partial charge in [-0.05, 0) is 24.6 Å². The van der Waals surface area contributed by atoms with Crippen LogP contribution in [-0.4, -0.2) is 18.6 Å². The van der Waals surface area contributed by atoms with Crippen molar-refractivity contribution in [3.8, 4) is 0 Å². The summed E-state index contributed by atoms with van der Waals surface area (Å²) in [5.41, 5.74) is 0. The molecular formula is C11H16F2N2. The van der Waals surface area contributed by atoms with E-state index < -0.39 is 12.6 Å². The lowest BCUT2D eigenvalue weighted by Crippen LogP contribution is -2.53. The lowest BCUT2D eigenvalue weighted by atomic mass is 9.80. The molecule has 84 valence electrons. The zero-order chi connectivity index (χ0) is 10.8. The Labute approximate surface area is 88.4 Å². The van der Waals surface area contributed by atoms with E-state index in [1.807, 2.05) is 25.2 Å². The molecule has 0 amide bonds. The molecule has 5 atom stereocenters. The lowest BCUT2D eigenvalue weighted by Gasteiger charge is -2.39. The highest BCUT2D eigenvalue weighted by molar-refractivity contribution is 5.14. The van der Waals surface area contributed by atoms with Crippen molar-refractivity contribution in [3.63, 3.8) is 0 Å². The van der Waals surface area contributed by atoms with Gasteiger partial charge in [-0.25, -0.2) is 8.78 Å². The summed E-state index contributed by atoms with van der Waals surface area (Å²) in [6.45, 7) is 1.90. The molecule has 2 heterocycles. The molecule has 1 fully saturated rings. The molecule has 5 unspecified atom stereocenters. The smallest absolute Gasteiger partial charge is 0.158 e. The fraction of sp³-hybridized carbons (Fsp3) is 0.636. The summed E-state index contributed by atoms with van der Waals surface area (Å²) in [5, 5.41) is 5.42. The molecule has 1 saturated heterocycles. The highest BCUT2D eigenvalue weighted by Gasteiger charge is 2.39. The molecule has 2 aliphatic heterocycles. The van der Waals surface area contributed by atoms with Crippen LogP contribution in [0.3, 0.4) is 0 Å². The molecular weight excluding hydrogens is 198 g/mol. The number of rotatable bonds is 1. The van der Waals surface area contributed by atoms with Gasteiger partial charge in [0.2, 0.25) is 0 Å². The van der Waals surface area contributed by atoms with Crippen LogP contribution in [-0.2, 0) is 0 Å². The van der Waals surface area contributed by atoms with Gasteiger partial charge in [-0.2, -0.15) is 0 Å². The summed E-state index contributed by atoms with van der Waals surface area (Å²) in [5.74, 6) is -0.178. The SMILES string of the molecule is CC1CC(F)NC(F)C1C1C=CC=CN1. The minimum Gasteiger partial charge on any atom is -0.384 e. The highest BCUT2D eigenvalue weighted by Crippen LogP contribution is 2.31. The third-order valence-corrected chi connectivity index (χ3v) is 3.14. The van der Waals surface area contributed by atoms with Crippen molar-refractivity contribution in [1.29, 1.82) is 0 Å². The lowest BCUT2D eigenvalue weighted by molar-refractivity contribution is 0.0155. The third kappa shape index (κ3) is 2.20. The average Bonchev–Trinajstić information content (AvgIpc) is 2.17. The van der Waals surface area contributed by atoms with Crippen molar-refractivity contribution in [2.45, 2.75) is 32.0 Å². The Morgan fingerprint density at radius 3 is 2.67 bits per heavy atom. The first-order valence-electron chi connectivity index (χ1n) is 5.32. The summed E-state index contributed by atoms with van der Waals surface area (Å²) in [6, 6.07) is -0.0417. The van der Waals surface area contributed by atoms with E-state index in [1.165, 1.54) is 0 Å². The second kappa shape index (κ2) is 4.31. The maximum absolute atomic E-state index is 13.7. The zero-order valence-corrected chi connectivity index (χ0v) is 8.66. The van der Waals surface area contributed by atoms with Crippen molar-refractivity contribution < 1.29 is 8.78 Å². The van der Waals surface area contributed by atoms with E-state index >= 15 is 0 Å². The van der Waals surface area contributed by atoms with E-state index in [1.54, 1.807) is 6.20 Å². The van der Waals surface area contributed by atoms with Crippen LogP contribution in [0.15, 0.2) is 24.4 Å². The van der Waals surface area contributed by atoms with Crippen LogP contribution in [0.25, 0.3) is 0 Å². The van der Waals surface area contributed by atoms with Gasteiger partial charge in [0.1, 0.15) is 0 Å². The molecule has 0 spiro atoms. The number of nitrogens with one attached hydrogen (secondary N) is 2. The van der Waals surface area contributed by atoms with Gasteiger partial charge in [-0.1, -0.05) is 19.1 Å². The van der Waals surface area contributed by atoms with Crippen LogP contribution in [0.5, 0.6) is 0 Å². The molecule has 0 aliphatic carbocycles. The predicted octanol–water partition coefficient (Wildman–Crippen LogP) is 1.86. The van der Waals surface area contributed by atoms with Gasteiger partial charge >= 0.3 is 0 Å². The van der Waals surface area contributed by atoms with Gasteiger partial charge in [0.25, 0.3) is 0 Å². The number of hydrogen-bond acceptors (Lipinski definition) is 2. The fourth-order valence-electron chi connectivity index (χ4n) is 2.36. The van der Waals surface area contributed by atoms with Crippen LogP contribution in [0.4, 0.5) is 8.78 Å². The fourth-order valence-corrected chi connectivity index (χ4v) is 2.36. The summed E-state index contributed by atoms with van der Waals surface area (Å²) < 4.78 is 26.7. The Morgan fingerprint density at radius 1 is 1.27 bits per heavy atom. The van der Waals surface area contributed by atoms with E-state index in [4.69, 9.17) is 0 Å². The summed E-state index contributed by atoms with van der Waals surface area (Å²) >= 11 is 0. The molecule has 0 bridgehead atoms. The maximum Gasteiger partial charge on any atom is 0.158 e. The van der Waals surface area contributed by atoms with Crippen molar-refractivity contribution >= 4 is 0 Å². The molecule has 2 aliphatic rings. The van der Waals surface area contributed by atoms with E-state index in [9.17, 15) is 8.78 Å². The van der Waals surface area contributed by atoms with Gasteiger partial charge in [0.15, 0.2) is 12.6 Å². The average molecular weight is 214 g/mol. The molecule has 2 N–H and O–H groups in total. The van der Waals surface area contributed by atoms with Gasteiger partial charge in [-0.3, -0.25) is 5.32 Å². The van der Waals surface area contributed by atoms with E-state index in [2.05, 4.69) is 10.6 Å². The summed E-state index contributed by atoms with van der Waals surface area (Å²) in [7, 11) is 0. The minimum atomic E-state index is -1.28. The molecule has 0 aromatic rings. The summed E-state index contributed by atoms with van der Waals surface area (Å²) in [4.78, 5) is 0. The van der Waals surface area contributed by atoms with E-state index in [0.29, 0.717) is 6.42 Å². The minimum absolute atomic E-state index is 0.0323. The summed E-state index contributed by atoms with van der Waals surface area (Å²) in [6.07, 6.45) is 5.36. The topological polar surface area (TPSA) is 24.1 Å². The van der Waals surface area contributed by atoms with Crippen molar-refractivity contribution in [2.24, 2.45) is 11.8 Å². The first-order valence-corrected chi connectivity index (χ1v) is 5.32. The molecule has 2 nitrogen and oxygen atoms in total. The normalized spacial score (nSPS) is 45.1. The highest BCUT2D eigenvalue weighted by atomic mass is 19.2. The van der Waals surface area contributed by atoms with Crippen LogP contribution in [0.1, 0.15) is 13.3 Å². The van der Waals surface area contributed by atoms with Crippen LogP contribution >= 0.6 is 0 Å². The standard InChI is InChI=1S/C11H16F2N2/c1-7-6-9(12)15-11(13)10(7)8-4-2-3-5-14-8/h2-5,7-11,14-15H,6H2,1H3. The van der Waals surface area contributed by atoms with Crippen LogP contribution < -0.4 is 10.6 Å². The molecule has 15 heavy (non-hydrogen) atoms. The van der Waals surface area contributed by atoms with Crippen molar-refractivity contribution in [3.05, 3.63) is 24.4 Å². The molecule has 0 aromatic heterocycles. The van der Waals surface area contributed by atoms with Crippen molar-refractivity contribution in [1.82, 2.24) is 10.6 Å². The predicted molar refractivity (Wildman–Crippen MR) is 55.4 cm³/mol. The monoisotopic (exact) mass is 214 g/mol. The Kier molecular flexibility index (Phi) is 3.05. The first-order chi connectivity index (χ1) is 7.18. The molecule has 2 rings (SSSR count). The number of halogens is 2. The number of allylic oxidation sites excluding steroid dienone is 2. The van der Waals surface area contributed by atoms with Gasteiger partial charge < -0.3 is 5.32 Å². The van der Waals surface area contributed by atoms with Crippen LogP contribution in [0.2, 0.25) is 0 Å². The van der Waals surface area contributed by atoms with E-state index in [-0.39, 0.29) is 17.9 Å². The Morgan fingerprint density at radius 2 is 2.07 bits per heavy atom. The number of alkyl halides is 2. The van der Waals surface area contributed by atoms with Gasteiger partial charge in [0, 0.05) is 5.92 Å². The second-order valence-corrected chi connectivity index (χ2v) is 4.26. The Hall–Kier alpha value is -0.900. The molecule has 0 radical (unpaired) electrons. The largest absolute Gasteiger partial charge is 0.384 e. The second-order valence-electron chi connectivity index (χ2n) is 4.26. The zero-order valence-electron chi connectivity index (χ0n) is 8.66. The number of hydrogen-bond donors (Lipinski definition) is 2. The third-order valence-electron chi connectivity index (χ3n) is 3.14. The molecule has 0 aromatic carbocycles. The van der Waals surface area contributed by atoms with Gasteiger partial charge in [-0.15, -0.1) is 0 Å². The Balaban J connectivity index is 2.06. The van der Waals surface area contributed by atoms with Crippen LogP contribution in [0, 0.1) is 11.8 Å². The Bertz CT molecular complexity index is 266. The van der Waals surface area contributed by atoms with E-state index in [0.717, 1.165) is 0 Å². The first kappa shape index (κ1) is 10.6. The molecule has 0 saturated carbocycles. The van der Waals surface area contributed by atoms with Crippen molar-refractivity contribution in [2.75, 3.05) is 0 Å². The maximum atomic E-state index is 13.7. The number of dihydropyridines is 1. The number of piperidine rings is 1.